The molecule has 140 valence electrons. The molecule has 5 rings (SSSR count). The zero-order valence-electron chi connectivity index (χ0n) is 14.5. The van der Waals surface area contributed by atoms with Gasteiger partial charge in [-0.15, -0.1) is 11.3 Å². The molecule has 5 nitrogen and oxygen atoms in total. The molecule has 1 aromatic rings. The number of carbonyl (C=O) groups excluding carboxylic acids is 3. The maximum absolute atomic E-state index is 12.8. The second-order valence-electron chi connectivity index (χ2n) is 8.07. The van der Waals surface area contributed by atoms with Crippen molar-refractivity contribution in [2.75, 3.05) is 13.2 Å². The maximum Gasteiger partial charge on any atom is 0.325 e. The quantitative estimate of drug-likeness (QED) is 0.542. The first-order valence-corrected chi connectivity index (χ1v) is 10.8. The second kappa shape index (κ2) is 7.08. The number of rotatable bonds is 6. The molecule has 4 saturated carbocycles. The molecule has 4 aliphatic carbocycles. The lowest BCUT2D eigenvalue weighted by atomic mass is 9.49. The number of Topliss-reactive ketones (excluding diaryl/α,β-unsaturated/α-hetero) is 1. The van der Waals surface area contributed by atoms with E-state index in [1.54, 1.807) is 12.1 Å². The third-order valence-corrected chi connectivity index (χ3v) is 7.79. The largest absolute Gasteiger partial charge is 0.456 e. The number of amides is 1. The fourth-order valence-corrected chi connectivity index (χ4v) is 6.77. The molecule has 4 aliphatic rings. The fourth-order valence-electron chi connectivity index (χ4n) is 5.46. The van der Waals surface area contributed by atoms with E-state index in [1.165, 1.54) is 30.6 Å². The molecule has 0 aromatic carbocycles. The van der Waals surface area contributed by atoms with Crippen LogP contribution >= 0.6 is 27.3 Å². The summed E-state index contributed by atoms with van der Waals surface area (Å²) < 4.78 is 5.88. The molecule has 1 aromatic heterocycles. The standard InChI is InChI=1S/C19H22BrNO4S/c20-16-2-1-15(26-16)14(22)10-25-17(23)9-21-18(24)19-6-11-3-12(7-19)5-13(4-11)8-19/h1-2,11-13H,3-10H2,(H,21,24). The van der Waals surface area contributed by atoms with Gasteiger partial charge in [-0.3, -0.25) is 14.4 Å². The smallest absolute Gasteiger partial charge is 0.325 e. The number of ketones is 1. The topological polar surface area (TPSA) is 72.5 Å². The summed E-state index contributed by atoms with van der Waals surface area (Å²) in [6, 6.07) is 3.48. The first kappa shape index (κ1) is 18.2. The van der Waals surface area contributed by atoms with Gasteiger partial charge < -0.3 is 10.1 Å². The van der Waals surface area contributed by atoms with Crippen molar-refractivity contribution in [1.29, 1.82) is 0 Å². The summed E-state index contributed by atoms with van der Waals surface area (Å²) in [4.78, 5) is 37.2. The number of hydrogen-bond donors (Lipinski definition) is 1. The van der Waals surface area contributed by atoms with Crippen molar-refractivity contribution in [3.8, 4) is 0 Å². The number of hydrogen-bond acceptors (Lipinski definition) is 5. The highest BCUT2D eigenvalue weighted by molar-refractivity contribution is 9.11. The lowest BCUT2D eigenvalue weighted by Crippen LogP contribution is -2.54. The van der Waals surface area contributed by atoms with Crippen molar-refractivity contribution in [3.05, 3.63) is 20.8 Å². The van der Waals surface area contributed by atoms with Crippen LogP contribution in [0.15, 0.2) is 15.9 Å². The molecular formula is C19H22BrNO4S. The molecule has 0 unspecified atom stereocenters. The van der Waals surface area contributed by atoms with E-state index in [4.69, 9.17) is 4.74 Å². The molecule has 26 heavy (non-hydrogen) atoms. The minimum absolute atomic E-state index is 0.00191. The second-order valence-corrected chi connectivity index (χ2v) is 10.5. The van der Waals surface area contributed by atoms with Crippen LogP contribution in [0.4, 0.5) is 0 Å². The number of halogens is 1. The molecule has 0 spiro atoms. The number of nitrogens with one attached hydrogen (secondary N) is 1. The molecule has 1 heterocycles. The predicted molar refractivity (Wildman–Crippen MR) is 101 cm³/mol. The van der Waals surface area contributed by atoms with Crippen LogP contribution < -0.4 is 5.32 Å². The molecular weight excluding hydrogens is 418 g/mol. The number of thiophene rings is 1. The zero-order chi connectivity index (χ0) is 18.3. The van der Waals surface area contributed by atoms with Crippen molar-refractivity contribution in [2.24, 2.45) is 23.2 Å². The average Bonchev–Trinajstić information content (AvgIpc) is 3.03. The third kappa shape index (κ3) is 3.60. The molecule has 1 amide bonds. The lowest BCUT2D eigenvalue weighted by Gasteiger charge is -2.55. The Bertz CT molecular complexity index is 708. The number of ether oxygens (including phenoxy) is 1. The van der Waals surface area contributed by atoms with Gasteiger partial charge >= 0.3 is 5.97 Å². The Labute approximate surface area is 165 Å². The number of carbonyl (C=O) groups is 3. The van der Waals surface area contributed by atoms with Crippen LogP contribution in [0.5, 0.6) is 0 Å². The first-order chi connectivity index (χ1) is 12.4. The molecule has 0 atom stereocenters. The average molecular weight is 440 g/mol. The Hall–Kier alpha value is -1.21. The Kier molecular flexibility index (Phi) is 4.94. The van der Waals surface area contributed by atoms with Crippen LogP contribution in [-0.2, 0) is 14.3 Å². The SMILES string of the molecule is O=C(CNC(=O)C12CC3CC(CC(C3)C1)C2)OCC(=O)c1ccc(Br)s1. The summed E-state index contributed by atoms with van der Waals surface area (Å²) in [5, 5.41) is 2.78. The van der Waals surface area contributed by atoms with Crippen molar-refractivity contribution in [1.82, 2.24) is 5.32 Å². The monoisotopic (exact) mass is 439 g/mol. The van der Waals surface area contributed by atoms with Crippen LogP contribution in [0, 0.1) is 23.2 Å². The minimum atomic E-state index is -0.563. The van der Waals surface area contributed by atoms with Crippen molar-refractivity contribution in [2.45, 2.75) is 38.5 Å². The Morgan fingerprint density at radius 2 is 1.73 bits per heavy atom. The Morgan fingerprint density at radius 1 is 1.12 bits per heavy atom. The molecule has 7 heteroatoms. The third-order valence-electron chi connectivity index (χ3n) is 6.13. The molecule has 0 radical (unpaired) electrons. The van der Waals surface area contributed by atoms with Gasteiger partial charge in [0.25, 0.3) is 0 Å². The van der Waals surface area contributed by atoms with Gasteiger partial charge in [0.1, 0.15) is 6.54 Å². The molecule has 0 saturated heterocycles. The molecule has 0 aliphatic heterocycles. The van der Waals surface area contributed by atoms with Crippen molar-refractivity contribution in [3.63, 3.8) is 0 Å². The minimum Gasteiger partial charge on any atom is -0.456 e. The van der Waals surface area contributed by atoms with E-state index in [9.17, 15) is 14.4 Å². The summed E-state index contributed by atoms with van der Waals surface area (Å²) in [7, 11) is 0. The van der Waals surface area contributed by atoms with Gasteiger partial charge in [0.05, 0.1) is 8.66 Å². The van der Waals surface area contributed by atoms with Crippen LogP contribution in [0.25, 0.3) is 0 Å². The van der Waals surface area contributed by atoms with Gasteiger partial charge in [-0.05, 0) is 84.3 Å². The van der Waals surface area contributed by atoms with Gasteiger partial charge in [-0.1, -0.05) is 0 Å². The van der Waals surface area contributed by atoms with Gasteiger partial charge in [0, 0.05) is 5.41 Å². The lowest BCUT2D eigenvalue weighted by molar-refractivity contribution is -0.150. The van der Waals surface area contributed by atoms with E-state index in [-0.39, 0.29) is 30.3 Å². The van der Waals surface area contributed by atoms with Crippen LogP contribution in [-0.4, -0.2) is 30.8 Å². The van der Waals surface area contributed by atoms with E-state index >= 15 is 0 Å². The number of esters is 1. The van der Waals surface area contributed by atoms with Crippen LogP contribution in [0.1, 0.15) is 48.2 Å². The summed E-state index contributed by atoms with van der Waals surface area (Å²) in [6.07, 6.45) is 6.71. The van der Waals surface area contributed by atoms with Gasteiger partial charge in [0.15, 0.2) is 6.61 Å². The van der Waals surface area contributed by atoms with Gasteiger partial charge in [-0.2, -0.15) is 0 Å². The van der Waals surface area contributed by atoms with E-state index in [0.29, 0.717) is 22.6 Å². The summed E-state index contributed by atoms with van der Waals surface area (Å²) in [5.74, 6) is 1.25. The van der Waals surface area contributed by atoms with Crippen molar-refractivity contribution < 1.29 is 19.1 Å². The molecule has 1 N–H and O–H groups in total. The molecule has 4 bridgehead atoms. The fraction of sp³-hybridized carbons (Fsp3) is 0.632. The summed E-state index contributed by atoms with van der Waals surface area (Å²) in [5.41, 5.74) is -0.270. The van der Waals surface area contributed by atoms with E-state index in [1.807, 2.05) is 0 Å². The van der Waals surface area contributed by atoms with Crippen molar-refractivity contribution >= 4 is 44.9 Å². The van der Waals surface area contributed by atoms with Crippen LogP contribution in [0.2, 0.25) is 0 Å². The van der Waals surface area contributed by atoms with E-state index < -0.39 is 5.97 Å². The summed E-state index contributed by atoms with van der Waals surface area (Å²) >= 11 is 4.60. The normalized spacial score (nSPS) is 31.7. The van der Waals surface area contributed by atoms with E-state index in [0.717, 1.165) is 23.0 Å². The van der Waals surface area contributed by atoms with Gasteiger partial charge in [-0.25, -0.2) is 0 Å². The highest BCUT2D eigenvalue weighted by atomic mass is 79.9. The van der Waals surface area contributed by atoms with Gasteiger partial charge in [0.2, 0.25) is 11.7 Å². The Morgan fingerprint density at radius 3 is 2.27 bits per heavy atom. The maximum atomic E-state index is 12.8. The highest BCUT2D eigenvalue weighted by Crippen LogP contribution is 2.60. The van der Waals surface area contributed by atoms with E-state index in [2.05, 4.69) is 21.2 Å². The van der Waals surface area contributed by atoms with Crippen LogP contribution in [0.3, 0.4) is 0 Å². The summed E-state index contributed by atoms with van der Waals surface area (Å²) in [6.45, 7) is -0.457. The predicted octanol–water partition coefficient (Wildman–Crippen LogP) is 3.57. The molecule has 4 fully saturated rings. The highest BCUT2D eigenvalue weighted by Gasteiger charge is 2.54. The first-order valence-electron chi connectivity index (χ1n) is 9.16. The Balaban J connectivity index is 1.25. The zero-order valence-corrected chi connectivity index (χ0v) is 16.9.